The first-order chi connectivity index (χ1) is 8.58. The van der Waals surface area contributed by atoms with E-state index in [0.29, 0.717) is 0 Å². The van der Waals surface area contributed by atoms with Gasteiger partial charge >= 0.3 is 0 Å². The molecule has 1 aliphatic carbocycles. The fraction of sp³-hybridized carbons (Fsp3) is 0.417. The normalized spacial score (nSPS) is 15.9. The van der Waals surface area contributed by atoms with E-state index in [0.717, 1.165) is 37.8 Å². The molecule has 1 aromatic rings. The molecule has 98 valence electrons. The smallest absolute Gasteiger partial charge is 0.270 e. The zero-order valence-electron chi connectivity index (χ0n) is 9.51. The van der Waals surface area contributed by atoms with Crippen molar-refractivity contribution in [3.8, 4) is 0 Å². The van der Waals surface area contributed by atoms with Crippen LogP contribution in [0, 0.1) is 11.6 Å². The summed E-state index contributed by atoms with van der Waals surface area (Å²) < 4.78 is 26.6. The first-order valence-electron chi connectivity index (χ1n) is 5.68. The lowest BCUT2D eigenvalue weighted by Gasteiger charge is -2.11. The van der Waals surface area contributed by atoms with Gasteiger partial charge in [0.2, 0.25) is 0 Å². The van der Waals surface area contributed by atoms with Crippen LogP contribution in [0.25, 0.3) is 0 Å². The molecule has 0 unspecified atom stereocenters. The van der Waals surface area contributed by atoms with E-state index in [4.69, 9.17) is 16.4 Å². The van der Waals surface area contributed by atoms with Crippen LogP contribution in [-0.4, -0.2) is 12.0 Å². The summed E-state index contributed by atoms with van der Waals surface area (Å²) >= 11 is 5.39. The molecule has 18 heavy (non-hydrogen) atoms. The van der Waals surface area contributed by atoms with Crippen LogP contribution in [-0.2, 0) is 4.84 Å². The summed E-state index contributed by atoms with van der Waals surface area (Å²) in [5.74, 6) is -2.53. The van der Waals surface area contributed by atoms with Crippen molar-refractivity contribution in [3.63, 3.8) is 0 Å². The number of carbonyl (C=O) groups excluding carboxylic acids is 1. The topological polar surface area (TPSA) is 38.3 Å². The molecule has 3 nitrogen and oxygen atoms in total. The van der Waals surface area contributed by atoms with Gasteiger partial charge in [-0.15, -0.1) is 0 Å². The largest absolute Gasteiger partial charge is 0.277 e. The predicted octanol–water partition coefficient (Wildman–Crippen LogP) is 3.22. The second-order valence-electron chi connectivity index (χ2n) is 4.20. The molecule has 1 amide bonds. The second kappa shape index (κ2) is 5.63. The van der Waals surface area contributed by atoms with E-state index in [2.05, 4.69) is 5.48 Å². The van der Waals surface area contributed by atoms with Crippen molar-refractivity contribution in [2.75, 3.05) is 0 Å². The standard InChI is InChI=1S/C12H12ClF2NO2/c13-9-6-10(14)8(5-11(9)15)12(17)16-18-7-3-1-2-4-7/h5-7H,1-4H2,(H,16,17). The number of benzene rings is 1. The number of nitrogens with one attached hydrogen (secondary N) is 1. The highest BCUT2D eigenvalue weighted by atomic mass is 35.5. The molecule has 0 saturated heterocycles. The number of amides is 1. The molecule has 1 fully saturated rings. The van der Waals surface area contributed by atoms with Gasteiger partial charge in [0.15, 0.2) is 0 Å². The van der Waals surface area contributed by atoms with Gasteiger partial charge in [0.25, 0.3) is 5.91 Å². The van der Waals surface area contributed by atoms with E-state index in [1.165, 1.54) is 0 Å². The Morgan fingerprint density at radius 2 is 1.94 bits per heavy atom. The monoisotopic (exact) mass is 275 g/mol. The van der Waals surface area contributed by atoms with Crippen LogP contribution in [0.5, 0.6) is 0 Å². The molecule has 0 radical (unpaired) electrons. The lowest BCUT2D eigenvalue weighted by Crippen LogP contribution is -2.29. The Kier molecular flexibility index (Phi) is 4.14. The van der Waals surface area contributed by atoms with Gasteiger partial charge in [-0.25, -0.2) is 14.3 Å². The molecule has 1 saturated carbocycles. The van der Waals surface area contributed by atoms with E-state index >= 15 is 0 Å². The maximum Gasteiger partial charge on any atom is 0.277 e. The molecule has 0 bridgehead atoms. The fourth-order valence-electron chi connectivity index (χ4n) is 1.89. The van der Waals surface area contributed by atoms with Crippen molar-refractivity contribution in [2.45, 2.75) is 31.8 Å². The minimum atomic E-state index is -0.881. The fourth-order valence-corrected chi connectivity index (χ4v) is 2.04. The van der Waals surface area contributed by atoms with Crippen molar-refractivity contribution < 1.29 is 18.4 Å². The number of halogens is 3. The van der Waals surface area contributed by atoms with Gasteiger partial charge in [-0.2, -0.15) is 0 Å². The first kappa shape index (κ1) is 13.2. The van der Waals surface area contributed by atoms with E-state index in [9.17, 15) is 13.6 Å². The number of carbonyl (C=O) groups is 1. The molecule has 0 heterocycles. The molecule has 1 aliphatic rings. The highest BCUT2D eigenvalue weighted by Gasteiger charge is 2.19. The van der Waals surface area contributed by atoms with Gasteiger partial charge in [0.1, 0.15) is 11.6 Å². The SMILES string of the molecule is O=C(NOC1CCCC1)c1cc(F)c(Cl)cc1F. The minimum Gasteiger partial charge on any atom is -0.270 e. The average molecular weight is 276 g/mol. The quantitative estimate of drug-likeness (QED) is 0.679. The summed E-state index contributed by atoms with van der Waals surface area (Å²) in [6.45, 7) is 0. The van der Waals surface area contributed by atoms with Crippen LogP contribution in [0.2, 0.25) is 5.02 Å². The second-order valence-corrected chi connectivity index (χ2v) is 4.61. The van der Waals surface area contributed by atoms with Crippen LogP contribution in [0.15, 0.2) is 12.1 Å². The van der Waals surface area contributed by atoms with Crippen molar-refractivity contribution in [3.05, 3.63) is 34.4 Å². The van der Waals surface area contributed by atoms with E-state index in [1.54, 1.807) is 0 Å². The van der Waals surface area contributed by atoms with E-state index in [-0.39, 0.29) is 11.1 Å². The van der Waals surface area contributed by atoms with Gasteiger partial charge in [0.05, 0.1) is 16.7 Å². The summed E-state index contributed by atoms with van der Waals surface area (Å²) in [5.41, 5.74) is 1.72. The third kappa shape index (κ3) is 2.97. The van der Waals surface area contributed by atoms with Gasteiger partial charge in [-0.1, -0.05) is 24.4 Å². The van der Waals surface area contributed by atoms with Crippen LogP contribution >= 0.6 is 11.6 Å². The van der Waals surface area contributed by atoms with Crippen molar-refractivity contribution in [2.24, 2.45) is 0 Å². The Morgan fingerprint density at radius 1 is 1.28 bits per heavy atom. The molecule has 1 N–H and O–H groups in total. The predicted molar refractivity (Wildman–Crippen MR) is 62.2 cm³/mol. The van der Waals surface area contributed by atoms with Crippen molar-refractivity contribution in [1.29, 1.82) is 0 Å². The summed E-state index contributed by atoms with van der Waals surface area (Å²) in [6.07, 6.45) is 3.76. The molecule has 0 aromatic heterocycles. The van der Waals surface area contributed by atoms with Gasteiger partial charge in [-0.05, 0) is 25.0 Å². The van der Waals surface area contributed by atoms with E-state index < -0.39 is 23.1 Å². The number of hydroxylamine groups is 1. The Morgan fingerprint density at radius 3 is 2.61 bits per heavy atom. The van der Waals surface area contributed by atoms with Gasteiger partial charge < -0.3 is 0 Å². The molecule has 0 spiro atoms. The highest BCUT2D eigenvalue weighted by molar-refractivity contribution is 6.30. The average Bonchev–Trinajstić information content (AvgIpc) is 2.84. The van der Waals surface area contributed by atoms with Crippen LogP contribution < -0.4 is 5.48 Å². The molecule has 2 rings (SSSR count). The molecule has 6 heteroatoms. The summed E-state index contributed by atoms with van der Waals surface area (Å²) in [6, 6.07) is 1.52. The number of hydrogen-bond acceptors (Lipinski definition) is 2. The third-order valence-electron chi connectivity index (χ3n) is 2.88. The third-order valence-corrected chi connectivity index (χ3v) is 3.16. The Bertz CT molecular complexity index is 462. The van der Waals surface area contributed by atoms with Crippen LogP contribution in [0.4, 0.5) is 8.78 Å². The Labute approximate surface area is 108 Å². The zero-order chi connectivity index (χ0) is 13.1. The summed E-state index contributed by atoms with van der Waals surface area (Å²) in [5, 5.41) is -0.360. The highest BCUT2D eigenvalue weighted by Crippen LogP contribution is 2.21. The Balaban J connectivity index is 2.01. The van der Waals surface area contributed by atoms with Gasteiger partial charge in [0, 0.05) is 0 Å². The lowest BCUT2D eigenvalue weighted by atomic mass is 10.2. The van der Waals surface area contributed by atoms with Gasteiger partial charge in [-0.3, -0.25) is 9.63 Å². The molecular weight excluding hydrogens is 264 g/mol. The molecular formula is C12H12ClF2NO2. The van der Waals surface area contributed by atoms with Crippen molar-refractivity contribution >= 4 is 17.5 Å². The minimum absolute atomic E-state index is 0.0471. The molecule has 1 aromatic carbocycles. The molecule has 0 aliphatic heterocycles. The maximum atomic E-state index is 13.4. The summed E-state index contributed by atoms with van der Waals surface area (Å²) in [7, 11) is 0. The van der Waals surface area contributed by atoms with Crippen molar-refractivity contribution in [1.82, 2.24) is 5.48 Å². The molecule has 0 atom stereocenters. The first-order valence-corrected chi connectivity index (χ1v) is 6.06. The number of hydrogen-bond donors (Lipinski definition) is 1. The van der Waals surface area contributed by atoms with E-state index in [1.807, 2.05) is 0 Å². The van der Waals surface area contributed by atoms with Crippen LogP contribution in [0.3, 0.4) is 0 Å². The Hall–Kier alpha value is -1.20. The maximum absolute atomic E-state index is 13.4. The summed E-state index contributed by atoms with van der Waals surface area (Å²) in [4.78, 5) is 16.7. The van der Waals surface area contributed by atoms with Crippen LogP contribution in [0.1, 0.15) is 36.0 Å². The lowest BCUT2D eigenvalue weighted by molar-refractivity contribution is -0.0127. The zero-order valence-corrected chi connectivity index (χ0v) is 10.3. The number of rotatable bonds is 3.